The van der Waals surface area contributed by atoms with Crippen LogP contribution in [0.1, 0.15) is 32.3 Å². The zero-order valence-corrected chi connectivity index (χ0v) is 14.8. The molecule has 0 N–H and O–H groups in total. The summed E-state index contributed by atoms with van der Waals surface area (Å²) >= 11 is 6.05. The molecule has 0 atom stereocenters. The summed E-state index contributed by atoms with van der Waals surface area (Å²) in [6.45, 7) is 7.03. The predicted octanol–water partition coefficient (Wildman–Crippen LogP) is 3.05. The molecule has 0 aliphatic rings. The molecule has 0 aromatic carbocycles. The predicted molar refractivity (Wildman–Crippen MR) is 92.0 cm³/mol. The summed E-state index contributed by atoms with van der Waals surface area (Å²) in [5.74, 6) is 1.71. The van der Waals surface area contributed by atoms with Crippen LogP contribution in [-0.2, 0) is 19.0 Å². The van der Waals surface area contributed by atoms with Crippen LogP contribution in [-0.4, -0.2) is 31.4 Å². The minimum absolute atomic E-state index is 0.116. The van der Waals surface area contributed by atoms with Crippen molar-refractivity contribution in [3.8, 4) is 0 Å². The summed E-state index contributed by atoms with van der Waals surface area (Å²) in [7, 11) is 4.00. The molecule has 6 nitrogen and oxygen atoms in total. The van der Waals surface area contributed by atoms with Crippen LogP contribution in [0.4, 0.5) is 5.82 Å². The summed E-state index contributed by atoms with van der Waals surface area (Å²) in [5, 5.41) is 13.9. The highest BCUT2D eigenvalue weighted by molar-refractivity contribution is 6.30. The van der Waals surface area contributed by atoms with Gasteiger partial charge in [0.15, 0.2) is 11.5 Å². The van der Waals surface area contributed by atoms with Gasteiger partial charge in [0, 0.05) is 31.4 Å². The molecule has 23 heavy (non-hydrogen) atoms. The molecular formula is C16H21ClN6. The van der Waals surface area contributed by atoms with Crippen LogP contribution < -0.4 is 4.90 Å². The summed E-state index contributed by atoms with van der Waals surface area (Å²) < 4.78 is 3.85. The first-order valence-electron chi connectivity index (χ1n) is 7.50. The molecule has 0 fully saturated rings. The quantitative estimate of drug-likeness (QED) is 0.739. The lowest BCUT2D eigenvalue weighted by atomic mass is 9.96. The number of nitrogens with zero attached hydrogens (tertiary/aromatic N) is 6. The normalized spacial score (nSPS) is 12.1. The summed E-state index contributed by atoms with van der Waals surface area (Å²) in [6.07, 6.45) is 1.90. The number of fused-ring (bicyclic) bond motifs is 1. The first-order chi connectivity index (χ1) is 10.8. The van der Waals surface area contributed by atoms with Crippen molar-refractivity contribution >= 4 is 23.1 Å². The van der Waals surface area contributed by atoms with Gasteiger partial charge in [0.05, 0.1) is 11.6 Å². The first kappa shape index (κ1) is 15.8. The zero-order chi connectivity index (χ0) is 16.8. The largest absolute Gasteiger partial charge is 0.352 e. The number of rotatable bonds is 3. The van der Waals surface area contributed by atoms with Gasteiger partial charge in [0.25, 0.3) is 0 Å². The maximum atomic E-state index is 6.05. The number of hydrogen-bond acceptors (Lipinski definition) is 4. The van der Waals surface area contributed by atoms with Crippen LogP contribution in [0.5, 0.6) is 0 Å². The van der Waals surface area contributed by atoms with Crippen LogP contribution in [0.25, 0.3) is 5.65 Å². The van der Waals surface area contributed by atoms with Gasteiger partial charge in [-0.3, -0.25) is 0 Å². The number of aryl methyl sites for hydroxylation is 1. The second-order valence-corrected chi connectivity index (χ2v) is 7.29. The molecule has 0 amide bonds. The van der Waals surface area contributed by atoms with Gasteiger partial charge < -0.3 is 9.47 Å². The van der Waals surface area contributed by atoms with E-state index >= 15 is 0 Å². The second kappa shape index (κ2) is 5.53. The van der Waals surface area contributed by atoms with Gasteiger partial charge in [-0.1, -0.05) is 32.4 Å². The van der Waals surface area contributed by atoms with Gasteiger partial charge >= 0.3 is 0 Å². The molecule has 0 unspecified atom stereocenters. The van der Waals surface area contributed by atoms with Gasteiger partial charge in [0.1, 0.15) is 5.82 Å². The fourth-order valence-electron chi connectivity index (χ4n) is 2.50. The molecule has 0 saturated heterocycles. The highest BCUT2D eigenvalue weighted by Crippen LogP contribution is 2.22. The molecule has 3 heterocycles. The van der Waals surface area contributed by atoms with Crippen LogP contribution >= 0.6 is 11.6 Å². The van der Waals surface area contributed by atoms with Crippen LogP contribution in [0.2, 0.25) is 5.02 Å². The van der Waals surface area contributed by atoms with Gasteiger partial charge in [-0.25, -0.2) is 0 Å². The number of anilines is 1. The number of aromatic nitrogens is 5. The monoisotopic (exact) mass is 332 g/mol. The Morgan fingerprint density at radius 2 is 1.96 bits per heavy atom. The fraction of sp³-hybridized carbons (Fsp3) is 0.438. The lowest BCUT2D eigenvalue weighted by Crippen LogP contribution is -2.22. The van der Waals surface area contributed by atoms with Crippen molar-refractivity contribution < 1.29 is 0 Å². The maximum absolute atomic E-state index is 6.05. The van der Waals surface area contributed by atoms with Gasteiger partial charge in [-0.05, 0) is 18.2 Å². The molecule has 3 aromatic rings. The van der Waals surface area contributed by atoms with E-state index in [1.165, 1.54) is 0 Å². The van der Waals surface area contributed by atoms with Crippen LogP contribution in [0.3, 0.4) is 0 Å². The molecule has 0 aliphatic heterocycles. The van der Waals surface area contributed by atoms with E-state index in [1.807, 2.05) is 47.6 Å². The Labute approximate surface area is 140 Å². The summed E-state index contributed by atoms with van der Waals surface area (Å²) in [6, 6.07) is 5.87. The minimum atomic E-state index is -0.116. The van der Waals surface area contributed by atoms with E-state index in [9.17, 15) is 0 Å². The van der Waals surface area contributed by atoms with E-state index < -0.39 is 0 Å². The molecule has 0 spiro atoms. The van der Waals surface area contributed by atoms with Crippen molar-refractivity contribution in [2.45, 2.75) is 32.7 Å². The van der Waals surface area contributed by atoms with E-state index in [2.05, 4.69) is 35.9 Å². The second-order valence-electron chi connectivity index (χ2n) is 6.85. The van der Waals surface area contributed by atoms with Gasteiger partial charge in [-0.15, -0.1) is 15.3 Å². The third kappa shape index (κ3) is 3.03. The molecule has 0 aliphatic carbocycles. The Morgan fingerprint density at radius 3 is 2.57 bits per heavy atom. The molecule has 3 aromatic heterocycles. The fourth-order valence-corrected chi connectivity index (χ4v) is 2.77. The van der Waals surface area contributed by atoms with E-state index in [0.717, 1.165) is 28.0 Å². The Bertz CT molecular complexity index is 842. The van der Waals surface area contributed by atoms with Crippen molar-refractivity contribution in [1.29, 1.82) is 0 Å². The Balaban J connectivity index is 1.94. The molecule has 0 radical (unpaired) electrons. The summed E-state index contributed by atoms with van der Waals surface area (Å²) in [4.78, 5) is 2.08. The molecule has 3 rings (SSSR count). The van der Waals surface area contributed by atoms with E-state index in [0.29, 0.717) is 6.54 Å². The van der Waals surface area contributed by atoms with Crippen molar-refractivity contribution in [1.82, 2.24) is 24.4 Å². The highest BCUT2D eigenvalue weighted by atomic mass is 35.5. The molecule has 7 heteroatoms. The van der Waals surface area contributed by atoms with E-state index in [4.69, 9.17) is 16.7 Å². The number of halogens is 1. The number of hydrogen-bond donors (Lipinski definition) is 0. The maximum Gasteiger partial charge on any atom is 0.178 e. The topological polar surface area (TPSA) is 51.2 Å². The van der Waals surface area contributed by atoms with Crippen molar-refractivity contribution in [3.63, 3.8) is 0 Å². The van der Waals surface area contributed by atoms with Crippen molar-refractivity contribution in [3.05, 3.63) is 40.9 Å². The zero-order valence-electron chi connectivity index (χ0n) is 14.1. The van der Waals surface area contributed by atoms with Gasteiger partial charge in [-0.2, -0.15) is 4.52 Å². The lowest BCUT2D eigenvalue weighted by molar-refractivity contribution is 0.526. The summed E-state index contributed by atoms with van der Waals surface area (Å²) in [5.41, 5.74) is 1.77. The third-order valence-corrected chi connectivity index (χ3v) is 3.99. The Hall–Kier alpha value is -2.08. The molecule has 0 bridgehead atoms. The van der Waals surface area contributed by atoms with Crippen molar-refractivity contribution in [2.24, 2.45) is 7.05 Å². The average molecular weight is 333 g/mol. The minimum Gasteiger partial charge on any atom is -0.352 e. The third-order valence-electron chi connectivity index (χ3n) is 3.78. The van der Waals surface area contributed by atoms with E-state index in [-0.39, 0.29) is 5.41 Å². The smallest absolute Gasteiger partial charge is 0.178 e. The molecule has 122 valence electrons. The SMILES string of the molecule is CN(Cc1cc(Cl)cn1C)c1ccc2nnc(C(C)(C)C)n2n1. The average Bonchev–Trinajstić information content (AvgIpc) is 3.01. The van der Waals surface area contributed by atoms with E-state index in [1.54, 1.807) is 0 Å². The standard InChI is InChI=1S/C16H21ClN6/c1-16(2,3)15-19-18-13-6-7-14(20-23(13)15)22(5)10-12-8-11(17)9-21(12)4/h6-9H,10H2,1-5H3. The highest BCUT2D eigenvalue weighted by Gasteiger charge is 2.22. The molecule has 0 saturated carbocycles. The Morgan fingerprint density at radius 1 is 1.22 bits per heavy atom. The lowest BCUT2D eigenvalue weighted by Gasteiger charge is -2.20. The van der Waals surface area contributed by atoms with Crippen LogP contribution in [0, 0.1) is 0 Å². The first-order valence-corrected chi connectivity index (χ1v) is 7.88. The van der Waals surface area contributed by atoms with Crippen LogP contribution in [0.15, 0.2) is 24.4 Å². The molecular weight excluding hydrogens is 312 g/mol. The van der Waals surface area contributed by atoms with Crippen molar-refractivity contribution in [2.75, 3.05) is 11.9 Å². The Kier molecular flexibility index (Phi) is 3.80. The van der Waals surface area contributed by atoms with Gasteiger partial charge in [0.2, 0.25) is 0 Å².